The molecule has 5 heteroatoms. The Morgan fingerprint density at radius 2 is 2.00 bits per heavy atom. The molecule has 2 heterocycles. The van der Waals surface area contributed by atoms with Crippen molar-refractivity contribution in [2.75, 3.05) is 25.1 Å². The molecule has 5 nitrogen and oxygen atoms in total. The number of hydrogen-bond acceptors (Lipinski definition) is 4. The predicted octanol–water partition coefficient (Wildman–Crippen LogP) is 3.01. The predicted molar refractivity (Wildman–Crippen MR) is 97.2 cm³/mol. The molecule has 128 valence electrons. The number of nitriles is 1. The highest BCUT2D eigenvalue weighted by Gasteiger charge is 2.27. The summed E-state index contributed by atoms with van der Waals surface area (Å²) in [6.07, 6.45) is 5.24. The maximum absolute atomic E-state index is 12.6. The lowest BCUT2D eigenvalue weighted by Crippen LogP contribution is -2.34. The van der Waals surface area contributed by atoms with Crippen LogP contribution in [0.5, 0.6) is 5.75 Å². The number of methoxy groups -OCH3 is 1. The van der Waals surface area contributed by atoms with Gasteiger partial charge in [0, 0.05) is 24.2 Å². The molecular weight excluding hydrogens is 314 g/mol. The molecule has 1 fully saturated rings. The minimum atomic E-state index is -0.287. The van der Waals surface area contributed by atoms with Crippen LogP contribution in [0.1, 0.15) is 36.0 Å². The number of aromatic nitrogens is 1. The van der Waals surface area contributed by atoms with Gasteiger partial charge in [0.1, 0.15) is 23.2 Å². The molecule has 0 unspecified atom stereocenters. The first-order valence-electron chi connectivity index (χ1n) is 8.84. The molecule has 2 aromatic rings. The van der Waals surface area contributed by atoms with Gasteiger partial charge >= 0.3 is 0 Å². The van der Waals surface area contributed by atoms with Crippen LogP contribution < -0.4 is 15.2 Å². The Bertz CT molecular complexity index is 918. The highest BCUT2D eigenvalue weighted by molar-refractivity contribution is 5.82. The number of H-pyrrole nitrogens is 1. The van der Waals surface area contributed by atoms with Gasteiger partial charge in [0.15, 0.2) is 0 Å². The molecule has 0 atom stereocenters. The van der Waals surface area contributed by atoms with Crippen molar-refractivity contribution < 1.29 is 4.74 Å². The summed E-state index contributed by atoms with van der Waals surface area (Å²) in [6, 6.07) is 8.02. The fraction of sp³-hybridized carbons (Fsp3) is 0.400. The summed E-state index contributed by atoms with van der Waals surface area (Å²) in [4.78, 5) is 17.9. The second-order valence-corrected chi connectivity index (χ2v) is 6.71. The first-order chi connectivity index (χ1) is 12.2. The number of benzene rings is 1. The number of ether oxygens (including phenoxy) is 1. The Hall–Kier alpha value is -2.74. The fourth-order valence-electron chi connectivity index (χ4n) is 4.07. The zero-order chi connectivity index (χ0) is 17.4. The van der Waals surface area contributed by atoms with Crippen molar-refractivity contribution in [1.29, 1.82) is 5.26 Å². The molecule has 0 radical (unpaired) electrons. The van der Waals surface area contributed by atoms with Crippen molar-refractivity contribution in [3.05, 3.63) is 45.2 Å². The number of aromatic amines is 1. The molecule has 1 aromatic heterocycles. The first kappa shape index (κ1) is 15.8. The summed E-state index contributed by atoms with van der Waals surface area (Å²) < 4.78 is 5.33. The van der Waals surface area contributed by atoms with Crippen LogP contribution in [-0.4, -0.2) is 25.2 Å². The Balaban J connectivity index is 1.94. The van der Waals surface area contributed by atoms with Gasteiger partial charge in [0.25, 0.3) is 5.56 Å². The lowest BCUT2D eigenvalue weighted by Gasteiger charge is -2.32. The monoisotopic (exact) mass is 335 g/mol. The van der Waals surface area contributed by atoms with Crippen LogP contribution >= 0.6 is 0 Å². The largest absolute Gasteiger partial charge is 0.497 e. The van der Waals surface area contributed by atoms with E-state index in [-0.39, 0.29) is 11.1 Å². The molecule has 1 aliphatic heterocycles. The van der Waals surface area contributed by atoms with E-state index in [1.54, 1.807) is 7.11 Å². The Morgan fingerprint density at radius 1 is 1.20 bits per heavy atom. The zero-order valence-corrected chi connectivity index (χ0v) is 14.4. The van der Waals surface area contributed by atoms with E-state index in [0.29, 0.717) is 0 Å². The summed E-state index contributed by atoms with van der Waals surface area (Å²) in [5, 5.41) is 9.59. The fourth-order valence-corrected chi connectivity index (χ4v) is 4.07. The standard InChI is InChI=1S/C20H21N3O2/c1-25-14-6-8-15-13(11-14)5-7-16-18(15)17(12-21)20(24)22-19(16)23-9-3-2-4-10-23/h6,8,11H,2-5,7,9-10H2,1H3,(H,22,24). The highest BCUT2D eigenvalue weighted by Crippen LogP contribution is 2.40. The lowest BCUT2D eigenvalue weighted by molar-refractivity contribution is 0.414. The average Bonchev–Trinajstić information content (AvgIpc) is 2.67. The smallest absolute Gasteiger partial charge is 0.268 e. The molecule has 0 saturated carbocycles. The quantitative estimate of drug-likeness (QED) is 0.916. The minimum Gasteiger partial charge on any atom is -0.497 e. The van der Waals surface area contributed by atoms with Crippen LogP contribution in [0.3, 0.4) is 0 Å². The molecule has 25 heavy (non-hydrogen) atoms. The molecular formula is C20H21N3O2. The number of anilines is 1. The SMILES string of the molecule is COc1ccc2c(c1)CCc1c(N3CCCCC3)[nH]c(=O)c(C#N)c1-2. The molecule has 0 amide bonds. The summed E-state index contributed by atoms with van der Waals surface area (Å²) in [7, 11) is 1.65. The third-order valence-corrected chi connectivity index (χ3v) is 5.31. The normalized spacial score (nSPS) is 15.9. The molecule has 1 aliphatic carbocycles. The number of rotatable bonds is 2. The highest BCUT2D eigenvalue weighted by atomic mass is 16.5. The second-order valence-electron chi connectivity index (χ2n) is 6.71. The maximum atomic E-state index is 12.6. The summed E-state index contributed by atoms with van der Waals surface area (Å²) >= 11 is 0. The van der Waals surface area contributed by atoms with Gasteiger partial charge in [0.05, 0.1) is 7.11 Å². The van der Waals surface area contributed by atoms with E-state index in [1.165, 1.54) is 6.42 Å². The van der Waals surface area contributed by atoms with Crippen molar-refractivity contribution in [2.24, 2.45) is 0 Å². The van der Waals surface area contributed by atoms with Crippen LogP contribution in [0.2, 0.25) is 0 Å². The van der Waals surface area contributed by atoms with Crippen molar-refractivity contribution in [2.45, 2.75) is 32.1 Å². The van der Waals surface area contributed by atoms with E-state index >= 15 is 0 Å². The third kappa shape index (κ3) is 2.58. The minimum absolute atomic E-state index is 0.224. The summed E-state index contributed by atoms with van der Waals surface area (Å²) in [5.41, 5.74) is 3.99. The molecule has 2 aliphatic rings. The van der Waals surface area contributed by atoms with Gasteiger partial charge in [-0.05, 0) is 55.4 Å². The van der Waals surface area contributed by atoms with E-state index < -0.39 is 0 Å². The third-order valence-electron chi connectivity index (χ3n) is 5.31. The average molecular weight is 335 g/mol. The number of pyridine rings is 1. The van der Waals surface area contributed by atoms with Gasteiger partial charge in [-0.25, -0.2) is 0 Å². The Morgan fingerprint density at radius 3 is 2.72 bits per heavy atom. The maximum Gasteiger partial charge on any atom is 0.268 e. The topological polar surface area (TPSA) is 69.1 Å². The molecule has 0 bridgehead atoms. The Kier molecular flexibility index (Phi) is 3.96. The van der Waals surface area contributed by atoms with Crippen LogP contribution in [0.4, 0.5) is 5.82 Å². The van der Waals surface area contributed by atoms with Gasteiger partial charge in [-0.1, -0.05) is 6.07 Å². The molecule has 0 spiro atoms. The summed E-state index contributed by atoms with van der Waals surface area (Å²) in [6.45, 7) is 1.92. The van der Waals surface area contributed by atoms with E-state index in [2.05, 4.69) is 16.0 Å². The van der Waals surface area contributed by atoms with Crippen molar-refractivity contribution >= 4 is 5.82 Å². The van der Waals surface area contributed by atoms with Crippen molar-refractivity contribution in [3.63, 3.8) is 0 Å². The van der Waals surface area contributed by atoms with E-state index in [0.717, 1.165) is 72.6 Å². The van der Waals surface area contributed by atoms with Crippen LogP contribution in [-0.2, 0) is 12.8 Å². The second kappa shape index (κ2) is 6.29. The molecule has 4 rings (SSSR count). The van der Waals surface area contributed by atoms with Crippen molar-refractivity contribution in [3.8, 4) is 22.9 Å². The number of fused-ring (bicyclic) bond motifs is 3. The van der Waals surface area contributed by atoms with Crippen LogP contribution in [0.15, 0.2) is 23.0 Å². The zero-order valence-electron chi connectivity index (χ0n) is 14.4. The molecule has 1 aromatic carbocycles. The number of piperidine rings is 1. The van der Waals surface area contributed by atoms with Gasteiger partial charge in [-0.3, -0.25) is 4.79 Å². The first-order valence-corrected chi connectivity index (χ1v) is 8.84. The van der Waals surface area contributed by atoms with Crippen molar-refractivity contribution in [1.82, 2.24) is 4.98 Å². The lowest BCUT2D eigenvalue weighted by atomic mass is 9.83. The van der Waals surface area contributed by atoms with Gasteiger partial charge < -0.3 is 14.6 Å². The molecule has 1 N–H and O–H groups in total. The summed E-state index contributed by atoms with van der Waals surface area (Å²) in [5.74, 6) is 1.72. The van der Waals surface area contributed by atoms with E-state index in [4.69, 9.17) is 4.74 Å². The van der Waals surface area contributed by atoms with Crippen LogP contribution in [0.25, 0.3) is 11.1 Å². The van der Waals surface area contributed by atoms with Gasteiger partial charge in [0.2, 0.25) is 0 Å². The van der Waals surface area contributed by atoms with Crippen LogP contribution in [0, 0.1) is 11.3 Å². The number of aryl methyl sites for hydroxylation is 1. The van der Waals surface area contributed by atoms with Gasteiger partial charge in [-0.2, -0.15) is 5.26 Å². The van der Waals surface area contributed by atoms with E-state index in [1.807, 2.05) is 18.2 Å². The number of nitrogens with zero attached hydrogens (tertiary/aromatic N) is 2. The number of nitrogens with one attached hydrogen (secondary N) is 1. The number of hydrogen-bond donors (Lipinski definition) is 1. The van der Waals surface area contributed by atoms with Gasteiger partial charge in [-0.15, -0.1) is 0 Å². The Labute approximate surface area is 146 Å². The van der Waals surface area contributed by atoms with E-state index in [9.17, 15) is 10.1 Å². The molecule has 1 saturated heterocycles.